The third-order valence-corrected chi connectivity index (χ3v) is 1.30. The van der Waals surface area contributed by atoms with Crippen molar-refractivity contribution in [2.75, 3.05) is 5.75 Å². The van der Waals surface area contributed by atoms with Crippen LogP contribution in [0.4, 0.5) is 0 Å². The van der Waals surface area contributed by atoms with Crippen LogP contribution in [0.15, 0.2) is 0 Å². The van der Waals surface area contributed by atoms with Gasteiger partial charge in [0.1, 0.15) is 6.10 Å². The first-order valence-corrected chi connectivity index (χ1v) is 3.07. The molecule has 2 atom stereocenters. The molecule has 0 aliphatic carbocycles. The van der Waals surface area contributed by atoms with Crippen LogP contribution >= 0.6 is 12.6 Å². The van der Waals surface area contributed by atoms with E-state index in [4.69, 9.17) is 11.6 Å². The Kier molecular flexibility index (Phi) is 4.26. The highest BCUT2D eigenvalue weighted by Gasteiger charge is 2.09. The lowest BCUT2D eigenvalue weighted by molar-refractivity contribution is 0.0560. The third-order valence-electron chi connectivity index (χ3n) is 0.941. The maximum Gasteiger partial charge on any atom is 0.102 e. The zero-order valence-corrected chi connectivity index (χ0v) is 5.77. The Morgan fingerprint density at radius 2 is 2.25 bits per heavy atom. The Bertz CT molecular complexity index is 56.0. The van der Waals surface area contributed by atoms with Gasteiger partial charge in [-0.2, -0.15) is 12.6 Å². The number of thiol groups is 1. The quantitative estimate of drug-likeness (QED) is 0.363. The second kappa shape index (κ2) is 4.14. The largest absolute Gasteiger partial charge is 0.326 e. The number of rotatable bonds is 3. The van der Waals surface area contributed by atoms with Crippen molar-refractivity contribution in [3.8, 4) is 0 Å². The Morgan fingerprint density at radius 1 is 1.75 bits per heavy atom. The van der Waals surface area contributed by atoms with Gasteiger partial charge in [-0.15, -0.1) is 0 Å². The topological polar surface area (TPSA) is 61.3 Å². The van der Waals surface area contributed by atoms with Crippen LogP contribution in [0.25, 0.3) is 0 Å². The van der Waals surface area contributed by atoms with E-state index in [-0.39, 0.29) is 12.1 Å². The SMILES string of the molecule is CC(N)C(CS)ON. The molecule has 0 aliphatic heterocycles. The molecule has 0 aromatic heterocycles. The van der Waals surface area contributed by atoms with Gasteiger partial charge in [-0.25, -0.2) is 5.90 Å². The number of nitrogens with two attached hydrogens (primary N) is 2. The smallest absolute Gasteiger partial charge is 0.102 e. The molecule has 0 spiro atoms. The first kappa shape index (κ1) is 8.23. The van der Waals surface area contributed by atoms with Crippen molar-refractivity contribution in [1.82, 2.24) is 0 Å². The maximum absolute atomic E-state index is 5.40. The van der Waals surface area contributed by atoms with Crippen molar-refractivity contribution in [3.05, 3.63) is 0 Å². The Morgan fingerprint density at radius 3 is 2.25 bits per heavy atom. The van der Waals surface area contributed by atoms with E-state index < -0.39 is 0 Å². The number of hydrogen-bond acceptors (Lipinski definition) is 4. The monoisotopic (exact) mass is 136 g/mol. The lowest BCUT2D eigenvalue weighted by Gasteiger charge is -2.14. The van der Waals surface area contributed by atoms with Gasteiger partial charge >= 0.3 is 0 Å². The fourth-order valence-electron chi connectivity index (χ4n) is 0.333. The van der Waals surface area contributed by atoms with Gasteiger partial charge < -0.3 is 5.73 Å². The average molecular weight is 136 g/mol. The van der Waals surface area contributed by atoms with Crippen molar-refractivity contribution in [1.29, 1.82) is 0 Å². The molecule has 50 valence electrons. The summed E-state index contributed by atoms with van der Waals surface area (Å²) in [6.07, 6.45) is -0.127. The van der Waals surface area contributed by atoms with Crippen LogP contribution in [0, 0.1) is 0 Å². The van der Waals surface area contributed by atoms with Crippen molar-refractivity contribution >= 4 is 12.6 Å². The molecule has 0 radical (unpaired) electrons. The Hall–Kier alpha value is 0.230. The van der Waals surface area contributed by atoms with E-state index in [2.05, 4.69) is 17.5 Å². The van der Waals surface area contributed by atoms with E-state index >= 15 is 0 Å². The summed E-state index contributed by atoms with van der Waals surface area (Å²) in [5.41, 5.74) is 5.40. The highest BCUT2D eigenvalue weighted by molar-refractivity contribution is 7.80. The summed E-state index contributed by atoms with van der Waals surface area (Å²) < 4.78 is 0. The first-order valence-electron chi connectivity index (χ1n) is 2.44. The highest BCUT2D eigenvalue weighted by Crippen LogP contribution is 1.94. The lowest BCUT2D eigenvalue weighted by atomic mass is 10.2. The van der Waals surface area contributed by atoms with Crippen molar-refractivity contribution in [2.45, 2.75) is 19.1 Å². The van der Waals surface area contributed by atoms with Gasteiger partial charge in [-0.3, -0.25) is 4.84 Å². The summed E-state index contributed by atoms with van der Waals surface area (Å²) in [7, 11) is 0. The molecule has 2 unspecified atom stereocenters. The summed E-state index contributed by atoms with van der Waals surface area (Å²) >= 11 is 3.95. The van der Waals surface area contributed by atoms with E-state index in [0.717, 1.165) is 0 Å². The molecule has 4 N–H and O–H groups in total. The van der Waals surface area contributed by atoms with Crippen LogP contribution in [0.3, 0.4) is 0 Å². The minimum Gasteiger partial charge on any atom is -0.326 e. The molecule has 0 amide bonds. The normalized spacial score (nSPS) is 18.0. The van der Waals surface area contributed by atoms with Crippen LogP contribution in [0.2, 0.25) is 0 Å². The van der Waals surface area contributed by atoms with Crippen molar-refractivity contribution < 1.29 is 4.84 Å². The standard InChI is InChI=1S/C4H12N2OS/c1-3(5)4(2-8)7-6/h3-4,8H,2,5-6H2,1H3. The van der Waals surface area contributed by atoms with Gasteiger partial charge in [-0.05, 0) is 6.92 Å². The van der Waals surface area contributed by atoms with Crippen molar-refractivity contribution in [2.24, 2.45) is 11.6 Å². The molecule has 0 heterocycles. The van der Waals surface area contributed by atoms with Gasteiger partial charge in [0, 0.05) is 11.8 Å². The second-order valence-corrected chi connectivity index (χ2v) is 2.08. The molecule has 0 bridgehead atoms. The molecular formula is C4H12N2OS. The lowest BCUT2D eigenvalue weighted by Crippen LogP contribution is -2.37. The first-order chi connectivity index (χ1) is 3.72. The van der Waals surface area contributed by atoms with Gasteiger partial charge in [-0.1, -0.05) is 0 Å². The van der Waals surface area contributed by atoms with E-state index in [1.807, 2.05) is 6.92 Å². The summed E-state index contributed by atoms with van der Waals surface area (Å²) in [4.78, 5) is 4.46. The fourth-order valence-corrected chi connectivity index (χ4v) is 0.752. The third kappa shape index (κ3) is 2.52. The summed E-state index contributed by atoms with van der Waals surface area (Å²) in [6.45, 7) is 1.83. The van der Waals surface area contributed by atoms with Crippen molar-refractivity contribution in [3.63, 3.8) is 0 Å². The molecule has 0 aromatic carbocycles. The highest BCUT2D eigenvalue weighted by atomic mass is 32.1. The number of hydrogen-bond donors (Lipinski definition) is 3. The van der Waals surface area contributed by atoms with E-state index in [9.17, 15) is 0 Å². The predicted molar refractivity (Wildman–Crippen MR) is 36.6 cm³/mol. The molecule has 0 rings (SSSR count). The molecular weight excluding hydrogens is 124 g/mol. The van der Waals surface area contributed by atoms with Crippen LogP contribution < -0.4 is 11.6 Å². The summed E-state index contributed by atoms with van der Waals surface area (Å²) in [5, 5.41) is 0. The van der Waals surface area contributed by atoms with Gasteiger partial charge in [0.25, 0.3) is 0 Å². The average Bonchev–Trinajstić information content (AvgIpc) is 1.69. The van der Waals surface area contributed by atoms with E-state index in [1.165, 1.54) is 0 Å². The van der Waals surface area contributed by atoms with E-state index in [1.54, 1.807) is 0 Å². The minimum atomic E-state index is -0.127. The van der Waals surface area contributed by atoms with Gasteiger partial charge in [0.15, 0.2) is 0 Å². The summed E-state index contributed by atoms with van der Waals surface area (Å²) in [6, 6.07) is -0.0440. The van der Waals surface area contributed by atoms with Crippen LogP contribution in [0.5, 0.6) is 0 Å². The molecule has 4 heteroatoms. The fraction of sp³-hybridized carbons (Fsp3) is 1.00. The molecule has 0 aromatic rings. The van der Waals surface area contributed by atoms with Gasteiger partial charge in [0.05, 0.1) is 0 Å². The summed E-state index contributed by atoms with van der Waals surface area (Å²) in [5.74, 6) is 5.42. The molecule has 0 aliphatic rings. The Balaban J connectivity index is 3.35. The molecule has 0 fully saturated rings. The molecule has 3 nitrogen and oxygen atoms in total. The Labute approximate surface area is 54.7 Å². The zero-order chi connectivity index (χ0) is 6.57. The molecule has 8 heavy (non-hydrogen) atoms. The van der Waals surface area contributed by atoms with Gasteiger partial charge in [0.2, 0.25) is 0 Å². The minimum absolute atomic E-state index is 0.0440. The molecule has 0 saturated carbocycles. The predicted octanol–water partition coefficient (Wildman–Crippen LogP) is -0.478. The van der Waals surface area contributed by atoms with Crippen LogP contribution in [0.1, 0.15) is 6.92 Å². The molecule has 0 saturated heterocycles. The van der Waals surface area contributed by atoms with E-state index in [0.29, 0.717) is 5.75 Å². The zero-order valence-electron chi connectivity index (χ0n) is 4.87. The maximum atomic E-state index is 5.40. The second-order valence-electron chi connectivity index (χ2n) is 1.72. The van der Waals surface area contributed by atoms with Crippen LogP contribution in [-0.4, -0.2) is 17.9 Å². The van der Waals surface area contributed by atoms with Crippen LogP contribution in [-0.2, 0) is 4.84 Å².